The first-order chi connectivity index (χ1) is 18.0. The summed E-state index contributed by atoms with van der Waals surface area (Å²) in [6.07, 6.45) is 0.321. The lowest BCUT2D eigenvalue weighted by Gasteiger charge is -2.33. The Bertz CT molecular complexity index is 1410. The fourth-order valence-corrected chi connectivity index (χ4v) is 5.97. The van der Waals surface area contributed by atoms with Crippen LogP contribution in [0, 0.1) is 13.8 Å². The van der Waals surface area contributed by atoms with Gasteiger partial charge in [0.25, 0.3) is 10.0 Å². The number of amides is 2. The van der Waals surface area contributed by atoms with Gasteiger partial charge in [0.1, 0.15) is 12.6 Å². The molecule has 2 amide bonds. The highest BCUT2D eigenvalue weighted by atomic mass is 35.5. The molecule has 7 nitrogen and oxygen atoms in total. The van der Waals surface area contributed by atoms with Crippen molar-refractivity contribution in [3.8, 4) is 0 Å². The number of benzene rings is 3. The molecule has 3 aromatic carbocycles. The summed E-state index contributed by atoms with van der Waals surface area (Å²) in [6.45, 7) is 5.01. The maximum atomic E-state index is 14.0. The standard InChI is InChI=1S/C28H31Cl2N3O4S/c1-5-25(28(35)31-4)32(17-21-14-15-23(29)24(30)16-21)27(34)18-33(26-13-9-10-19(2)20(26)3)38(36,37)22-11-7-6-8-12-22/h6-16,25H,5,17-18H2,1-4H3,(H,31,35)/t25-/m1/s1. The molecule has 3 aromatic rings. The Kier molecular flexibility index (Phi) is 9.82. The average Bonchev–Trinajstić information content (AvgIpc) is 2.91. The number of nitrogens with one attached hydrogen (secondary N) is 1. The van der Waals surface area contributed by atoms with E-state index in [-0.39, 0.29) is 17.3 Å². The van der Waals surface area contributed by atoms with Crippen LogP contribution in [0.25, 0.3) is 0 Å². The van der Waals surface area contributed by atoms with Crippen molar-refractivity contribution in [2.75, 3.05) is 17.9 Å². The summed E-state index contributed by atoms with van der Waals surface area (Å²) in [6, 6.07) is 17.4. The van der Waals surface area contributed by atoms with E-state index >= 15 is 0 Å². The fraction of sp³-hybridized carbons (Fsp3) is 0.286. The molecule has 0 aliphatic carbocycles. The molecule has 0 unspecified atom stereocenters. The van der Waals surface area contributed by atoms with Gasteiger partial charge < -0.3 is 10.2 Å². The molecule has 0 saturated carbocycles. The first-order valence-corrected chi connectivity index (χ1v) is 14.3. The third-order valence-electron chi connectivity index (χ3n) is 6.42. The van der Waals surface area contributed by atoms with Gasteiger partial charge in [-0.2, -0.15) is 0 Å². The second-order valence-corrected chi connectivity index (χ2v) is 11.5. The van der Waals surface area contributed by atoms with Crippen LogP contribution >= 0.6 is 23.2 Å². The molecule has 1 atom stereocenters. The highest BCUT2D eigenvalue weighted by Crippen LogP contribution is 2.29. The fourth-order valence-electron chi connectivity index (χ4n) is 4.16. The molecule has 38 heavy (non-hydrogen) atoms. The smallest absolute Gasteiger partial charge is 0.264 e. The minimum atomic E-state index is -4.12. The van der Waals surface area contributed by atoms with Crippen LogP contribution in [0.1, 0.15) is 30.0 Å². The molecule has 0 aromatic heterocycles. The lowest BCUT2D eigenvalue weighted by atomic mass is 10.1. The van der Waals surface area contributed by atoms with E-state index in [0.717, 1.165) is 15.4 Å². The van der Waals surface area contributed by atoms with Crippen molar-refractivity contribution in [3.63, 3.8) is 0 Å². The summed E-state index contributed by atoms with van der Waals surface area (Å²) in [7, 11) is -2.62. The van der Waals surface area contributed by atoms with Crippen LogP contribution in [0.3, 0.4) is 0 Å². The monoisotopic (exact) mass is 575 g/mol. The Morgan fingerprint density at radius 2 is 1.63 bits per heavy atom. The van der Waals surface area contributed by atoms with Gasteiger partial charge in [-0.25, -0.2) is 8.42 Å². The van der Waals surface area contributed by atoms with Crippen molar-refractivity contribution >= 4 is 50.7 Å². The molecule has 0 radical (unpaired) electrons. The van der Waals surface area contributed by atoms with E-state index in [0.29, 0.717) is 27.7 Å². The Morgan fingerprint density at radius 3 is 2.24 bits per heavy atom. The van der Waals surface area contributed by atoms with E-state index in [4.69, 9.17) is 23.2 Å². The quantitative estimate of drug-likeness (QED) is 0.352. The van der Waals surface area contributed by atoms with Gasteiger partial charge in [-0.05, 0) is 67.3 Å². The topological polar surface area (TPSA) is 86.8 Å². The summed E-state index contributed by atoms with van der Waals surface area (Å²) >= 11 is 12.3. The number of carbonyl (C=O) groups excluding carboxylic acids is 2. The van der Waals surface area contributed by atoms with Crippen molar-refractivity contribution in [2.45, 2.75) is 44.7 Å². The molecule has 3 rings (SSSR count). The second kappa shape index (κ2) is 12.7. The van der Waals surface area contributed by atoms with Crippen molar-refractivity contribution < 1.29 is 18.0 Å². The van der Waals surface area contributed by atoms with Gasteiger partial charge in [-0.15, -0.1) is 0 Å². The summed E-state index contributed by atoms with van der Waals surface area (Å²) in [5.74, 6) is -0.892. The molecule has 0 aliphatic heterocycles. The van der Waals surface area contributed by atoms with E-state index in [1.807, 2.05) is 19.9 Å². The number of sulfonamides is 1. The molecule has 0 spiro atoms. The highest BCUT2D eigenvalue weighted by Gasteiger charge is 2.34. The molecular weight excluding hydrogens is 545 g/mol. The van der Waals surface area contributed by atoms with Gasteiger partial charge in [0.2, 0.25) is 11.8 Å². The van der Waals surface area contributed by atoms with E-state index in [9.17, 15) is 18.0 Å². The predicted octanol–water partition coefficient (Wildman–Crippen LogP) is 5.36. The first kappa shape index (κ1) is 29.5. The van der Waals surface area contributed by atoms with E-state index in [1.54, 1.807) is 55.5 Å². The number of halogens is 2. The Hall–Kier alpha value is -3.07. The average molecular weight is 577 g/mol. The van der Waals surface area contributed by atoms with Crippen molar-refractivity contribution in [1.29, 1.82) is 0 Å². The summed E-state index contributed by atoms with van der Waals surface area (Å²) < 4.78 is 28.9. The van der Waals surface area contributed by atoms with Gasteiger partial charge in [-0.1, -0.05) is 66.5 Å². The number of carbonyl (C=O) groups is 2. The molecule has 0 aliphatic rings. The lowest BCUT2D eigenvalue weighted by Crippen LogP contribution is -2.51. The normalized spacial score (nSPS) is 12.1. The molecule has 0 saturated heterocycles. The van der Waals surface area contributed by atoms with Crippen molar-refractivity contribution in [3.05, 3.63) is 93.5 Å². The van der Waals surface area contributed by atoms with Crippen LogP contribution in [-0.4, -0.2) is 44.8 Å². The highest BCUT2D eigenvalue weighted by molar-refractivity contribution is 7.92. The minimum absolute atomic E-state index is 0.0354. The number of aryl methyl sites for hydroxylation is 1. The van der Waals surface area contributed by atoms with Gasteiger partial charge in [0, 0.05) is 13.6 Å². The van der Waals surface area contributed by atoms with Crippen molar-refractivity contribution in [1.82, 2.24) is 10.2 Å². The van der Waals surface area contributed by atoms with Crippen molar-refractivity contribution in [2.24, 2.45) is 0 Å². The van der Waals surface area contributed by atoms with Crippen LogP contribution in [0.2, 0.25) is 10.0 Å². The maximum absolute atomic E-state index is 14.0. The summed E-state index contributed by atoms with van der Waals surface area (Å²) in [5.41, 5.74) is 2.66. The number of likely N-dealkylation sites (N-methyl/N-ethyl adjacent to an activating group) is 1. The zero-order valence-electron chi connectivity index (χ0n) is 21.7. The molecule has 1 N–H and O–H groups in total. The zero-order chi connectivity index (χ0) is 28.0. The Labute approximate surface area is 234 Å². The molecule has 0 heterocycles. The molecule has 202 valence electrons. The first-order valence-electron chi connectivity index (χ1n) is 12.1. The van der Waals surface area contributed by atoms with E-state index < -0.39 is 28.5 Å². The second-order valence-electron chi connectivity index (χ2n) is 8.85. The minimum Gasteiger partial charge on any atom is -0.357 e. The summed E-state index contributed by atoms with van der Waals surface area (Å²) in [5, 5.41) is 3.28. The SMILES string of the molecule is CC[C@H](C(=O)NC)N(Cc1ccc(Cl)c(Cl)c1)C(=O)CN(c1cccc(C)c1C)S(=O)(=O)c1ccccc1. The third kappa shape index (κ3) is 6.49. The Balaban J connectivity index is 2.10. The predicted molar refractivity (Wildman–Crippen MR) is 152 cm³/mol. The molecular formula is C28H31Cl2N3O4S. The maximum Gasteiger partial charge on any atom is 0.264 e. The molecule has 0 fully saturated rings. The summed E-state index contributed by atoms with van der Waals surface area (Å²) in [4.78, 5) is 28.2. The molecule has 10 heteroatoms. The lowest BCUT2D eigenvalue weighted by molar-refractivity contribution is -0.140. The van der Waals surface area contributed by atoms with E-state index in [1.165, 1.54) is 24.1 Å². The van der Waals surface area contributed by atoms with Gasteiger partial charge in [0.15, 0.2) is 0 Å². The van der Waals surface area contributed by atoms with Gasteiger partial charge >= 0.3 is 0 Å². The number of hydrogen-bond acceptors (Lipinski definition) is 4. The number of rotatable bonds is 10. The number of nitrogens with zero attached hydrogens (tertiary/aromatic N) is 2. The van der Waals surface area contributed by atoms with E-state index in [2.05, 4.69) is 5.32 Å². The Morgan fingerprint density at radius 1 is 0.947 bits per heavy atom. The number of hydrogen-bond donors (Lipinski definition) is 1. The number of anilines is 1. The van der Waals surface area contributed by atoms with Gasteiger partial charge in [-0.3, -0.25) is 13.9 Å². The largest absolute Gasteiger partial charge is 0.357 e. The van der Waals surface area contributed by atoms with Crippen LogP contribution in [-0.2, 0) is 26.2 Å². The molecule has 0 bridgehead atoms. The third-order valence-corrected chi connectivity index (χ3v) is 8.94. The van der Waals surface area contributed by atoms with Crippen LogP contribution in [0.5, 0.6) is 0 Å². The van der Waals surface area contributed by atoms with Crippen LogP contribution in [0.4, 0.5) is 5.69 Å². The van der Waals surface area contributed by atoms with Gasteiger partial charge in [0.05, 0.1) is 20.6 Å². The van der Waals surface area contributed by atoms with Crippen LogP contribution < -0.4 is 9.62 Å². The zero-order valence-corrected chi connectivity index (χ0v) is 24.1. The van der Waals surface area contributed by atoms with Crippen LogP contribution in [0.15, 0.2) is 71.6 Å².